The first-order chi connectivity index (χ1) is 16.2. The molecule has 3 N–H and O–H groups in total. The second-order valence-corrected chi connectivity index (χ2v) is 8.55. The number of benzene rings is 2. The maximum Gasteiger partial charge on any atom is 0.0594 e. The molecular weight excluding hydrogens is 412 g/mol. The topological polar surface area (TPSA) is 63.8 Å². The molecule has 0 unspecified atom stereocenters. The highest BCUT2D eigenvalue weighted by Crippen LogP contribution is 2.19. The Morgan fingerprint density at radius 3 is 2.70 bits per heavy atom. The van der Waals surface area contributed by atoms with Crippen molar-refractivity contribution < 1.29 is 9.94 Å². The summed E-state index contributed by atoms with van der Waals surface area (Å²) in [6, 6.07) is 17.1. The Kier molecular flexibility index (Phi) is 8.33. The number of rotatable bonds is 11. The molecule has 1 fully saturated rings. The molecule has 0 bridgehead atoms. The first-order valence-corrected chi connectivity index (χ1v) is 11.6. The molecule has 0 aliphatic carbocycles. The Morgan fingerprint density at radius 2 is 1.91 bits per heavy atom. The molecule has 0 spiro atoms. The summed E-state index contributed by atoms with van der Waals surface area (Å²) >= 11 is 0. The minimum atomic E-state index is 0.464. The lowest BCUT2D eigenvalue weighted by Crippen LogP contribution is -2.41. The van der Waals surface area contributed by atoms with Gasteiger partial charge in [-0.05, 0) is 35.3 Å². The van der Waals surface area contributed by atoms with Gasteiger partial charge < -0.3 is 9.72 Å². The van der Waals surface area contributed by atoms with E-state index in [1.807, 2.05) is 11.6 Å². The fourth-order valence-electron chi connectivity index (χ4n) is 4.22. The molecule has 0 saturated carbocycles. The van der Waals surface area contributed by atoms with E-state index in [1.165, 1.54) is 22.0 Å². The number of nitrogens with one attached hydrogen (secondary N) is 2. The molecule has 174 valence electrons. The third-order valence-corrected chi connectivity index (χ3v) is 6.21. The number of hydrogen-bond donors (Lipinski definition) is 3. The molecule has 3 aromatic rings. The first kappa shape index (κ1) is 23.3. The summed E-state index contributed by atoms with van der Waals surface area (Å²) < 4.78 is 5.50. The summed E-state index contributed by atoms with van der Waals surface area (Å²) in [5, 5.41) is 10.2. The van der Waals surface area contributed by atoms with Gasteiger partial charge in [0.15, 0.2) is 0 Å². The quantitative estimate of drug-likeness (QED) is 0.306. The fraction of sp³-hybridized carbons (Fsp3) is 0.333. The second-order valence-electron chi connectivity index (χ2n) is 8.55. The molecule has 0 amide bonds. The van der Waals surface area contributed by atoms with Gasteiger partial charge in [-0.1, -0.05) is 55.1 Å². The van der Waals surface area contributed by atoms with E-state index in [1.54, 1.807) is 6.08 Å². The van der Waals surface area contributed by atoms with Crippen molar-refractivity contribution >= 4 is 17.0 Å². The number of H-pyrrole nitrogens is 1. The third-order valence-electron chi connectivity index (χ3n) is 6.21. The summed E-state index contributed by atoms with van der Waals surface area (Å²) in [6.07, 6.45) is 6.86. The van der Waals surface area contributed by atoms with Gasteiger partial charge >= 0.3 is 0 Å². The van der Waals surface area contributed by atoms with Crippen molar-refractivity contribution in [3.63, 3.8) is 0 Å². The van der Waals surface area contributed by atoms with E-state index in [9.17, 15) is 0 Å². The predicted molar refractivity (Wildman–Crippen MR) is 134 cm³/mol. The van der Waals surface area contributed by atoms with Crippen LogP contribution in [0, 0.1) is 0 Å². The van der Waals surface area contributed by atoms with Crippen molar-refractivity contribution in [3.05, 3.63) is 89.8 Å². The molecule has 0 atom stereocenters. The van der Waals surface area contributed by atoms with E-state index in [0.717, 1.165) is 64.5 Å². The van der Waals surface area contributed by atoms with Gasteiger partial charge in [-0.15, -0.1) is 0 Å². The van der Waals surface area contributed by atoms with Gasteiger partial charge in [-0.25, -0.2) is 0 Å². The van der Waals surface area contributed by atoms with Crippen LogP contribution in [0.4, 0.5) is 0 Å². The van der Waals surface area contributed by atoms with Crippen molar-refractivity contribution in [1.29, 1.82) is 0 Å². The van der Waals surface area contributed by atoms with Crippen LogP contribution >= 0.6 is 0 Å². The number of hydroxylamine groups is 1. The van der Waals surface area contributed by atoms with Crippen LogP contribution in [0.5, 0.6) is 0 Å². The van der Waals surface area contributed by atoms with Gasteiger partial charge in [0.2, 0.25) is 0 Å². The zero-order valence-corrected chi connectivity index (χ0v) is 19.2. The zero-order chi connectivity index (χ0) is 22.9. The fourth-order valence-corrected chi connectivity index (χ4v) is 4.22. The summed E-state index contributed by atoms with van der Waals surface area (Å²) in [4.78, 5) is 8.46. The van der Waals surface area contributed by atoms with E-state index in [-0.39, 0.29) is 0 Å². The number of fused-ring (bicyclic) bond motifs is 1. The van der Waals surface area contributed by atoms with E-state index < -0.39 is 0 Å². The Bertz CT molecular complexity index is 1050. The van der Waals surface area contributed by atoms with Crippen LogP contribution in [0.2, 0.25) is 0 Å². The smallest absolute Gasteiger partial charge is 0.0594 e. The Balaban J connectivity index is 1.40. The van der Waals surface area contributed by atoms with Gasteiger partial charge in [0.05, 0.1) is 18.9 Å². The van der Waals surface area contributed by atoms with Gasteiger partial charge in [-0.2, -0.15) is 0 Å². The molecule has 1 saturated heterocycles. The highest BCUT2D eigenvalue weighted by atomic mass is 16.5. The number of morpholine rings is 1. The number of ether oxygens (including phenoxy) is 1. The highest BCUT2D eigenvalue weighted by Gasteiger charge is 2.14. The average Bonchev–Trinajstić information content (AvgIpc) is 3.28. The monoisotopic (exact) mass is 446 g/mol. The lowest BCUT2D eigenvalue weighted by Gasteiger charge is -2.30. The molecule has 4 rings (SSSR count). The molecule has 6 nitrogen and oxygen atoms in total. The Morgan fingerprint density at radius 1 is 1.12 bits per heavy atom. The molecule has 2 aromatic carbocycles. The maximum absolute atomic E-state index is 8.86. The van der Waals surface area contributed by atoms with Crippen LogP contribution in [0.1, 0.15) is 16.7 Å². The van der Waals surface area contributed by atoms with Crippen molar-refractivity contribution in [2.24, 2.45) is 0 Å². The van der Waals surface area contributed by atoms with Crippen LogP contribution in [0.25, 0.3) is 17.0 Å². The maximum atomic E-state index is 8.86. The SMILES string of the molecule is C=C(/C=C/c1ccc(CN(CCc2c[nH]c3ccccc23)CCN2CCOCC2)cc1)NO. The van der Waals surface area contributed by atoms with Crippen LogP contribution in [0.3, 0.4) is 0 Å². The van der Waals surface area contributed by atoms with E-state index in [4.69, 9.17) is 9.94 Å². The Hall–Kier alpha value is -2.90. The van der Waals surface area contributed by atoms with Crippen molar-refractivity contribution in [1.82, 2.24) is 20.3 Å². The molecule has 33 heavy (non-hydrogen) atoms. The van der Waals surface area contributed by atoms with Gasteiger partial charge in [0.25, 0.3) is 0 Å². The largest absolute Gasteiger partial charge is 0.379 e. The molecule has 1 aliphatic heterocycles. The van der Waals surface area contributed by atoms with E-state index in [2.05, 4.69) is 76.1 Å². The van der Waals surface area contributed by atoms with Crippen molar-refractivity contribution in [2.45, 2.75) is 13.0 Å². The van der Waals surface area contributed by atoms with Crippen molar-refractivity contribution in [3.8, 4) is 0 Å². The molecule has 6 heteroatoms. The number of para-hydroxylation sites is 1. The lowest BCUT2D eigenvalue weighted by atomic mass is 10.1. The van der Waals surface area contributed by atoms with Crippen LogP contribution in [-0.2, 0) is 17.7 Å². The van der Waals surface area contributed by atoms with Gasteiger partial charge in [0, 0.05) is 56.4 Å². The normalized spacial score (nSPS) is 15.0. The van der Waals surface area contributed by atoms with Crippen LogP contribution in [-0.4, -0.2) is 65.9 Å². The van der Waals surface area contributed by atoms with E-state index >= 15 is 0 Å². The zero-order valence-electron chi connectivity index (χ0n) is 19.2. The number of hydrogen-bond acceptors (Lipinski definition) is 5. The summed E-state index contributed by atoms with van der Waals surface area (Å²) in [6.45, 7) is 11.4. The third kappa shape index (κ3) is 6.79. The summed E-state index contributed by atoms with van der Waals surface area (Å²) in [5.41, 5.74) is 7.47. The predicted octanol–water partition coefficient (Wildman–Crippen LogP) is 4.05. The number of aromatic amines is 1. The van der Waals surface area contributed by atoms with Crippen LogP contribution < -0.4 is 5.48 Å². The van der Waals surface area contributed by atoms with Gasteiger partial charge in [0.1, 0.15) is 0 Å². The Labute approximate surface area is 196 Å². The second kappa shape index (κ2) is 11.8. The number of aromatic nitrogens is 1. The van der Waals surface area contributed by atoms with E-state index in [0.29, 0.717) is 5.70 Å². The standard InChI is InChI=1S/C27H34N4O2/c1-22(29-32)6-7-23-8-10-24(11-9-23)21-31(15-14-30-16-18-33-19-17-30)13-12-25-20-28-27-5-3-2-4-26(25)27/h2-11,20,28-29,32H,1,12-19,21H2/b7-6+. The molecule has 1 aliphatic rings. The minimum absolute atomic E-state index is 0.464. The molecule has 2 heterocycles. The minimum Gasteiger partial charge on any atom is -0.379 e. The average molecular weight is 447 g/mol. The molecule has 0 radical (unpaired) electrons. The highest BCUT2D eigenvalue weighted by molar-refractivity contribution is 5.83. The number of nitrogens with zero attached hydrogens (tertiary/aromatic N) is 2. The molecular formula is C27H34N4O2. The lowest BCUT2D eigenvalue weighted by molar-refractivity contribution is 0.0330. The van der Waals surface area contributed by atoms with Gasteiger partial charge in [-0.3, -0.25) is 20.5 Å². The summed E-state index contributed by atoms with van der Waals surface area (Å²) in [7, 11) is 0. The number of allylic oxidation sites excluding steroid dienone is 1. The first-order valence-electron chi connectivity index (χ1n) is 11.6. The van der Waals surface area contributed by atoms with Crippen LogP contribution in [0.15, 0.2) is 73.1 Å². The summed E-state index contributed by atoms with van der Waals surface area (Å²) in [5.74, 6) is 0. The molecule has 1 aromatic heterocycles. The van der Waals surface area contributed by atoms with Crippen molar-refractivity contribution in [2.75, 3.05) is 45.9 Å².